The first kappa shape index (κ1) is 48.8. The average Bonchev–Trinajstić information content (AvgIpc) is 3.70. The number of aryl methyl sites for hydroxylation is 1. The Morgan fingerprint density at radius 3 is 2.17 bits per heavy atom. The maximum atomic E-state index is 14.8. The Morgan fingerprint density at radius 2 is 1.57 bits per heavy atom. The molecule has 4 atom stereocenters. The lowest BCUT2D eigenvalue weighted by molar-refractivity contribution is -0.142. The van der Waals surface area contributed by atoms with Crippen molar-refractivity contribution in [3.63, 3.8) is 0 Å². The van der Waals surface area contributed by atoms with Crippen LogP contribution in [-0.4, -0.2) is 101 Å². The predicted molar refractivity (Wildman–Crippen MR) is 226 cm³/mol. The van der Waals surface area contributed by atoms with Gasteiger partial charge >= 0.3 is 0 Å². The highest BCUT2D eigenvalue weighted by atomic mass is 16.5. The fourth-order valence-corrected chi connectivity index (χ4v) is 7.52. The summed E-state index contributed by atoms with van der Waals surface area (Å²) >= 11 is 0. The number of aromatic nitrogens is 1. The van der Waals surface area contributed by atoms with Gasteiger partial charge in [-0.2, -0.15) is 0 Å². The first-order valence-corrected chi connectivity index (χ1v) is 20.5. The monoisotopic (exact) mass is 833 g/mol. The number of nitrogens with one attached hydrogen (secondary N) is 2. The molecule has 0 saturated heterocycles. The van der Waals surface area contributed by atoms with E-state index in [2.05, 4.69) is 15.4 Å². The lowest BCUT2D eigenvalue weighted by Gasteiger charge is -2.40. The number of ether oxygens (including phenoxy) is 2. The lowest BCUT2D eigenvalue weighted by Crippen LogP contribution is -2.58. The van der Waals surface area contributed by atoms with Gasteiger partial charge in [0, 0.05) is 80.1 Å². The SMILES string of the molecule is C/C(=C\[C@H](C(C)C)N(C)C(=O)[C@@H](NC(=O)[C@@H](CC(=O)CCCCCN1C(=O)C=CC1=O)C(C)(C)c1cn(C)c2ccccc12)C(C)(C)C)C(=O)N[C@H](CCOC=O)OC=O. The van der Waals surface area contributed by atoms with E-state index in [-0.39, 0.29) is 74.4 Å². The minimum absolute atomic E-state index is 0.0304. The van der Waals surface area contributed by atoms with Crippen LogP contribution < -0.4 is 10.6 Å². The molecule has 5 amide bonds. The largest absolute Gasteiger partial charge is 0.468 e. The molecular weight excluding hydrogens is 771 g/mol. The van der Waals surface area contributed by atoms with Crippen LogP contribution in [0.15, 0.2) is 54.3 Å². The number of likely N-dealkylation sites (N-methyl/N-ethyl adjacent to an activating group) is 1. The first-order valence-electron chi connectivity index (χ1n) is 20.5. The molecule has 0 aliphatic carbocycles. The van der Waals surface area contributed by atoms with E-state index in [4.69, 9.17) is 4.74 Å². The fourth-order valence-electron chi connectivity index (χ4n) is 7.52. The molecule has 1 aliphatic rings. The zero-order chi connectivity index (χ0) is 44.9. The molecule has 2 N–H and O–H groups in total. The molecule has 0 radical (unpaired) electrons. The second-order valence-electron chi connectivity index (χ2n) is 17.5. The summed E-state index contributed by atoms with van der Waals surface area (Å²) in [5.74, 6) is -3.27. The smallest absolute Gasteiger partial charge is 0.295 e. The van der Waals surface area contributed by atoms with E-state index < -0.39 is 52.8 Å². The van der Waals surface area contributed by atoms with Gasteiger partial charge in [0.2, 0.25) is 17.7 Å². The van der Waals surface area contributed by atoms with Gasteiger partial charge in [-0.25, -0.2) is 0 Å². The van der Waals surface area contributed by atoms with Crippen molar-refractivity contribution < 1.29 is 47.8 Å². The molecule has 1 aromatic carbocycles. The summed E-state index contributed by atoms with van der Waals surface area (Å²) in [6.07, 6.45) is 6.87. The van der Waals surface area contributed by atoms with Crippen molar-refractivity contribution in [2.24, 2.45) is 24.3 Å². The summed E-state index contributed by atoms with van der Waals surface area (Å²) < 4.78 is 11.6. The van der Waals surface area contributed by atoms with Crippen LogP contribution in [0.2, 0.25) is 0 Å². The highest BCUT2D eigenvalue weighted by molar-refractivity contribution is 6.12. The van der Waals surface area contributed by atoms with Crippen molar-refractivity contribution in [1.29, 1.82) is 0 Å². The van der Waals surface area contributed by atoms with Crippen LogP contribution in [0.3, 0.4) is 0 Å². The highest BCUT2D eigenvalue weighted by Crippen LogP contribution is 2.40. The van der Waals surface area contributed by atoms with E-state index in [1.807, 2.05) is 90.5 Å². The van der Waals surface area contributed by atoms with Gasteiger partial charge in [0.15, 0.2) is 6.23 Å². The van der Waals surface area contributed by atoms with Crippen molar-refractivity contribution in [3.8, 4) is 0 Å². The third kappa shape index (κ3) is 12.7. The summed E-state index contributed by atoms with van der Waals surface area (Å²) in [4.78, 5) is 104. The van der Waals surface area contributed by atoms with Gasteiger partial charge in [-0.15, -0.1) is 0 Å². The molecule has 2 heterocycles. The molecule has 0 fully saturated rings. The molecule has 15 nitrogen and oxygen atoms in total. The lowest BCUT2D eigenvalue weighted by atomic mass is 9.70. The Balaban J connectivity index is 1.89. The summed E-state index contributed by atoms with van der Waals surface area (Å²) in [6.45, 7) is 15.4. The van der Waals surface area contributed by atoms with Crippen LogP contribution >= 0.6 is 0 Å². The first-order chi connectivity index (χ1) is 28.1. The van der Waals surface area contributed by atoms with Gasteiger partial charge in [-0.05, 0) is 42.7 Å². The van der Waals surface area contributed by atoms with Crippen molar-refractivity contribution in [2.45, 2.75) is 118 Å². The van der Waals surface area contributed by atoms with Crippen molar-refractivity contribution in [3.05, 3.63) is 59.8 Å². The number of fused-ring (bicyclic) bond motifs is 1. The number of hydrogen-bond donors (Lipinski definition) is 2. The fraction of sp³-hybridized carbons (Fsp3) is 0.556. The zero-order valence-electron chi connectivity index (χ0n) is 36.7. The summed E-state index contributed by atoms with van der Waals surface area (Å²) in [6, 6.07) is 6.22. The molecule has 1 aromatic heterocycles. The van der Waals surface area contributed by atoms with E-state index in [0.717, 1.165) is 16.5 Å². The third-order valence-corrected chi connectivity index (χ3v) is 11.2. The normalized spacial score (nSPS) is 15.4. The number of hydrogen-bond acceptors (Lipinski definition) is 10. The molecule has 3 rings (SSSR count). The number of imide groups is 1. The van der Waals surface area contributed by atoms with Crippen molar-refractivity contribution in [2.75, 3.05) is 20.2 Å². The molecule has 15 heteroatoms. The van der Waals surface area contributed by atoms with E-state index in [9.17, 15) is 38.4 Å². The number of Topliss-reactive ketones (excluding diaryl/α,β-unsaturated/α-hetero) is 1. The number of carbonyl (C=O) groups excluding carboxylic acids is 8. The molecule has 328 valence electrons. The number of carbonyl (C=O) groups is 8. The number of nitrogens with zero attached hydrogens (tertiary/aromatic N) is 3. The van der Waals surface area contributed by atoms with Crippen LogP contribution in [0.4, 0.5) is 0 Å². The number of benzene rings is 1. The van der Waals surface area contributed by atoms with Gasteiger partial charge in [-0.3, -0.25) is 43.3 Å². The van der Waals surface area contributed by atoms with E-state index >= 15 is 0 Å². The number of amides is 5. The second kappa shape index (κ2) is 21.6. The Kier molecular flexibility index (Phi) is 17.6. The molecule has 0 saturated carbocycles. The summed E-state index contributed by atoms with van der Waals surface area (Å²) in [5, 5.41) is 6.61. The second-order valence-corrected chi connectivity index (χ2v) is 17.5. The zero-order valence-corrected chi connectivity index (χ0v) is 36.7. The van der Waals surface area contributed by atoms with Crippen molar-refractivity contribution >= 4 is 59.2 Å². The standard InChI is InChI=1S/C45H63N5O10/c1-29(2)36(24-30(3)41(56)46-37(60-28-52)21-23-59-27-51)49(10)43(58)40(44(4,5)6)47-42(57)33(45(7,8)34-26-48(9)35-18-14-13-17-32(34)35)25-31(53)16-12-11-15-22-50-38(54)19-20-39(50)55/h13-14,17-20,24,26-29,33,36-37,40H,11-12,15-16,21-23,25H2,1-10H3,(H,46,56)(H,47,57)/b30-24+/t33-,36-,37+,40-/m1/s1. The molecule has 0 unspecified atom stereocenters. The number of rotatable bonds is 24. The van der Waals surface area contributed by atoms with Gasteiger partial charge in [-0.1, -0.05) is 79.2 Å². The van der Waals surface area contributed by atoms with Gasteiger partial charge < -0.3 is 29.6 Å². The third-order valence-electron chi connectivity index (χ3n) is 11.2. The number of para-hydroxylation sites is 1. The van der Waals surface area contributed by atoms with E-state index in [1.165, 1.54) is 22.0 Å². The Hall–Kier alpha value is -5.60. The summed E-state index contributed by atoms with van der Waals surface area (Å²) in [7, 11) is 3.54. The van der Waals surface area contributed by atoms with Crippen LogP contribution in [0.5, 0.6) is 0 Å². The van der Waals surface area contributed by atoms with Crippen LogP contribution in [0.25, 0.3) is 10.9 Å². The molecular formula is C45H63N5O10. The van der Waals surface area contributed by atoms with E-state index in [0.29, 0.717) is 19.3 Å². The Bertz CT molecular complexity index is 1940. The molecule has 60 heavy (non-hydrogen) atoms. The molecule has 2 aromatic rings. The Morgan fingerprint density at radius 1 is 0.917 bits per heavy atom. The van der Waals surface area contributed by atoms with Gasteiger partial charge in [0.25, 0.3) is 24.8 Å². The predicted octanol–water partition coefficient (Wildman–Crippen LogP) is 4.66. The number of ketones is 1. The Labute approximate surface area is 353 Å². The minimum Gasteiger partial charge on any atom is -0.468 e. The molecule has 0 bridgehead atoms. The maximum absolute atomic E-state index is 14.8. The van der Waals surface area contributed by atoms with Crippen LogP contribution in [-0.2, 0) is 60.3 Å². The average molecular weight is 834 g/mol. The minimum atomic E-state index is -1.05. The van der Waals surface area contributed by atoms with Crippen molar-refractivity contribution in [1.82, 2.24) is 25.0 Å². The summed E-state index contributed by atoms with van der Waals surface area (Å²) in [5.41, 5.74) is 0.434. The van der Waals surface area contributed by atoms with Crippen LogP contribution in [0, 0.1) is 17.3 Å². The van der Waals surface area contributed by atoms with Crippen LogP contribution in [0.1, 0.15) is 99.5 Å². The maximum Gasteiger partial charge on any atom is 0.295 e. The molecule has 0 spiro atoms. The quantitative estimate of drug-likeness (QED) is 0.0495. The topological polar surface area (TPSA) is 190 Å². The number of unbranched alkanes of at least 4 members (excludes halogenated alkanes) is 2. The van der Waals surface area contributed by atoms with Gasteiger partial charge in [0.05, 0.1) is 18.6 Å². The van der Waals surface area contributed by atoms with Gasteiger partial charge in [0.1, 0.15) is 11.8 Å². The molecule has 1 aliphatic heterocycles. The van der Waals surface area contributed by atoms with E-state index in [1.54, 1.807) is 20.0 Å². The highest BCUT2D eigenvalue weighted by Gasteiger charge is 2.44.